The fraction of sp³-hybridized carbons (Fsp3) is 0.800. The normalized spacial score (nSPS) is 46.8. The van der Waals surface area contributed by atoms with Gasteiger partial charge in [-0.15, -0.1) is 0 Å². The summed E-state index contributed by atoms with van der Waals surface area (Å²) in [5, 5.41) is 55.0. The second kappa shape index (κ2) is 20.6. The molecule has 2 saturated heterocycles. The molecule has 18 atom stereocenters. The van der Waals surface area contributed by atoms with Gasteiger partial charge in [0.1, 0.15) is 17.5 Å². The molecule has 2 bridgehead atoms. The van der Waals surface area contributed by atoms with Crippen LogP contribution in [0.5, 0.6) is 0 Å². The Morgan fingerprint density at radius 3 is 2.11 bits per heavy atom. The average Bonchev–Trinajstić information content (AvgIpc) is 3.16. The molecule has 0 aromatic rings. The number of rotatable bonds is 3. The van der Waals surface area contributed by atoms with Gasteiger partial charge in [0.15, 0.2) is 11.6 Å². The highest BCUT2D eigenvalue weighted by atomic mass is 16.7. The molecule has 5 unspecified atom stereocenters. The summed E-state index contributed by atoms with van der Waals surface area (Å²) in [6, 6.07) is 0. The van der Waals surface area contributed by atoms with Crippen LogP contribution in [0.2, 0.25) is 0 Å². The quantitative estimate of drug-likeness (QED) is 0.216. The molecule has 3 aliphatic rings. The summed E-state index contributed by atoms with van der Waals surface area (Å²) < 4.78 is 20.0. The Morgan fingerprint density at radius 1 is 0.839 bits per heavy atom. The van der Waals surface area contributed by atoms with E-state index in [1.807, 2.05) is 32.1 Å². The minimum Gasteiger partial charge on any atom is -0.458 e. The maximum absolute atomic E-state index is 13.5. The van der Waals surface area contributed by atoms with Gasteiger partial charge in [-0.05, 0) is 70.1 Å². The number of esters is 1. The molecule has 3 heterocycles. The number of hydrogen-bond acceptors (Lipinski definition) is 11. The minimum atomic E-state index is -2.18. The SMILES string of the molecule is CCC1/C=C/C=C/C[C@@H](C)[C@H](O)[C@](C)(O)C(=O)[C@H](C)[C@H](O)[C@H](C)C(=O)[C@@H](C)[C@H](O)[C@H](C)/C=C/C(=O)OC2[C@@H](C)C(CC1)OC1(CC[C@@H](C)C(C[C@H](C)O)O1)[C@@H]2C. The zero-order chi connectivity index (χ0) is 42.3. The second-order valence-electron chi connectivity index (χ2n) is 18.0. The van der Waals surface area contributed by atoms with Crippen LogP contribution in [0, 0.1) is 53.3 Å². The van der Waals surface area contributed by atoms with Crippen molar-refractivity contribution < 1.29 is 54.1 Å². The molecule has 3 rings (SSSR count). The van der Waals surface area contributed by atoms with Gasteiger partial charge in [0.2, 0.25) is 0 Å². The number of fused-ring (bicyclic) bond motifs is 2. The van der Waals surface area contributed by atoms with E-state index in [0.29, 0.717) is 25.7 Å². The van der Waals surface area contributed by atoms with Crippen molar-refractivity contribution in [3.8, 4) is 0 Å². The summed E-state index contributed by atoms with van der Waals surface area (Å²) in [4.78, 5) is 40.5. The first-order valence-electron chi connectivity index (χ1n) is 21.2. The van der Waals surface area contributed by atoms with Crippen molar-refractivity contribution in [1.82, 2.24) is 0 Å². The molecule has 56 heavy (non-hydrogen) atoms. The zero-order valence-corrected chi connectivity index (χ0v) is 35.8. The zero-order valence-electron chi connectivity index (χ0n) is 35.8. The largest absolute Gasteiger partial charge is 0.458 e. The average molecular weight is 791 g/mol. The molecule has 0 amide bonds. The van der Waals surface area contributed by atoms with Gasteiger partial charge in [-0.1, -0.05) is 92.7 Å². The van der Waals surface area contributed by atoms with Crippen LogP contribution < -0.4 is 0 Å². The van der Waals surface area contributed by atoms with Crippen molar-refractivity contribution in [1.29, 1.82) is 0 Å². The van der Waals surface area contributed by atoms with Gasteiger partial charge in [-0.25, -0.2) is 4.79 Å². The van der Waals surface area contributed by atoms with E-state index in [9.17, 15) is 39.9 Å². The standard InChI is InChI=1S/C45H74O11/c1-12-34-17-15-13-14-16-27(4)42(51)44(11,53)43(52)32(9)40(50)31(8)39(49)30(7)38(48)26(3)18-21-37(47)54-41-29(6)35(20-19-34)55-45(33(41)10)23-22-25(2)36(56-45)24-28(5)46/h13-15,17-18,21,25-36,38,40-42,46,48,50-51,53H,12,16,19-20,22-24H2,1-11H3/b14-13+,17-15+,21-18+/t25-,26-,27-,28+,29+,30+,31-,32-,33-,34?,35?,36?,38-,40-,41?,42+,44+,45?/m1/s1. The predicted octanol–water partition coefficient (Wildman–Crippen LogP) is 5.88. The van der Waals surface area contributed by atoms with Crippen LogP contribution in [0.15, 0.2) is 36.5 Å². The fourth-order valence-electron chi connectivity index (χ4n) is 9.01. The first kappa shape index (κ1) is 48.1. The Kier molecular flexibility index (Phi) is 17.7. The summed E-state index contributed by atoms with van der Waals surface area (Å²) in [5.74, 6) is -7.28. The van der Waals surface area contributed by atoms with Gasteiger partial charge in [-0.2, -0.15) is 0 Å². The van der Waals surface area contributed by atoms with Crippen LogP contribution in [0.25, 0.3) is 0 Å². The van der Waals surface area contributed by atoms with Crippen molar-refractivity contribution in [3.63, 3.8) is 0 Å². The molecule has 5 N–H and O–H groups in total. The Balaban J connectivity index is 1.99. The number of carbonyl (C=O) groups is 3. The molecule has 11 heteroatoms. The lowest BCUT2D eigenvalue weighted by Gasteiger charge is -2.55. The Hall–Kier alpha value is -2.25. The highest BCUT2D eigenvalue weighted by Crippen LogP contribution is 2.49. The molecule has 0 aromatic heterocycles. The lowest BCUT2D eigenvalue weighted by molar-refractivity contribution is -0.371. The summed E-state index contributed by atoms with van der Waals surface area (Å²) in [7, 11) is 0. The fourth-order valence-corrected chi connectivity index (χ4v) is 9.01. The lowest BCUT2D eigenvalue weighted by Crippen LogP contribution is -2.62. The highest BCUT2D eigenvalue weighted by molar-refractivity contribution is 5.91. The Morgan fingerprint density at radius 2 is 1.48 bits per heavy atom. The number of allylic oxidation sites excluding steroid dienone is 4. The van der Waals surface area contributed by atoms with Crippen LogP contribution in [-0.2, 0) is 28.6 Å². The predicted molar refractivity (Wildman–Crippen MR) is 215 cm³/mol. The van der Waals surface area contributed by atoms with Gasteiger partial charge < -0.3 is 39.7 Å². The minimum absolute atomic E-state index is 0.168. The summed E-state index contributed by atoms with van der Waals surface area (Å²) in [5.41, 5.74) is -2.18. The summed E-state index contributed by atoms with van der Waals surface area (Å²) >= 11 is 0. The molecular formula is C45H74O11. The molecule has 11 nitrogen and oxygen atoms in total. The van der Waals surface area contributed by atoms with E-state index in [0.717, 1.165) is 19.3 Å². The van der Waals surface area contributed by atoms with Crippen LogP contribution in [0.4, 0.5) is 0 Å². The van der Waals surface area contributed by atoms with Crippen LogP contribution in [0.1, 0.15) is 121 Å². The van der Waals surface area contributed by atoms with Gasteiger partial charge in [0.05, 0.1) is 36.6 Å². The van der Waals surface area contributed by atoms with E-state index in [1.54, 1.807) is 20.8 Å². The molecule has 0 radical (unpaired) electrons. The third kappa shape index (κ3) is 11.5. The van der Waals surface area contributed by atoms with Crippen molar-refractivity contribution in [2.45, 2.75) is 175 Å². The highest BCUT2D eigenvalue weighted by Gasteiger charge is 2.56. The van der Waals surface area contributed by atoms with Crippen molar-refractivity contribution in [2.75, 3.05) is 0 Å². The van der Waals surface area contributed by atoms with E-state index >= 15 is 0 Å². The molecule has 3 aliphatic heterocycles. The molecule has 0 aliphatic carbocycles. The third-order valence-electron chi connectivity index (χ3n) is 13.4. The van der Waals surface area contributed by atoms with Gasteiger partial charge in [0.25, 0.3) is 0 Å². The maximum atomic E-state index is 13.5. The number of aliphatic hydroxyl groups is 5. The molecule has 1 spiro atoms. The van der Waals surface area contributed by atoms with E-state index < -0.39 is 89.0 Å². The molecule has 2 fully saturated rings. The number of ketones is 2. The van der Waals surface area contributed by atoms with E-state index in [1.165, 1.54) is 39.8 Å². The van der Waals surface area contributed by atoms with Gasteiger partial charge >= 0.3 is 5.97 Å². The lowest BCUT2D eigenvalue weighted by atomic mass is 9.74. The van der Waals surface area contributed by atoms with Crippen LogP contribution >= 0.6 is 0 Å². The van der Waals surface area contributed by atoms with E-state index in [-0.39, 0.29) is 35.9 Å². The number of Topliss-reactive ketones (excluding diaryl/α,β-unsaturated/α-hetero) is 2. The number of aliphatic hydroxyl groups excluding tert-OH is 4. The molecule has 320 valence electrons. The van der Waals surface area contributed by atoms with Crippen molar-refractivity contribution >= 4 is 17.5 Å². The van der Waals surface area contributed by atoms with Gasteiger partial charge in [-0.3, -0.25) is 9.59 Å². The number of hydrogen-bond donors (Lipinski definition) is 5. The van der Waals surface area contributed by atoms with E-state index in [4.69, 9.17) is 14.2 Å². The van der Waals surface area contributed by atoms with E-state index in [2.05, 4.69) is 19.9 Å². The first-order valence-corrected chi connectivity index (χ1v) is 21.2. The Labute approximate surface area is 336 Å². The second-order valence-corrected chi connectivity index (χ2v) is 18.0. The topological polar surface area (TPSA) is 180 Å². The third-order valence-corrected chi connectivity index (χ3v) is 13.4. The Bertz CT molecular complexity index is 1390. The molecule has 0 aromatic carbocycles. The van der Waals surface area contributed by atoms with Crippen LogP contribution in [0.3, 0.4) is 0 Å². The number of ether oxygens (including phenoxy) is 3. The maximum Gasteiger partial charge on any atom is 0.330 e. The first-order chi connectivity index (χ1) is 26.1. The number of carbonyl (C=O) groups excluding carboxylic acids is 3. The summed E-state index contributed by atoms with van der Waals surface area (Å²) in [6.07, 6.45) is 9.62. The summed E-state index contributed by atoms with van der Waals surface area (Å²) in [6.45, 7) is 19.1. The molecule has 0 saturated carbocycles. The van der Waals surface area contributed by atoms with Crippen molar-refractivity contribution in [2.24, 2.45) is 53.3 Å². The monoisotopic (exact) mass is 791 g/mol. The van der Waals surface area contributed by atoms with Crippen molar-refractivity contribution in [3.05, 3.63) is 36.5 Å². The van der Waals surface area contributed by atoms with Gasteiger partial charge in [0, 0.05) is 48.0 Å². The van der Waals surface area contributed by atoms with Crippen LogP contribution in [-0.4, -0.2) is 97.2 Å². The molecular weight excluding hydrogens is 716 g/mol. The smallest absolute Gasteiger partial charge is 0.330 e.